The van der Waals surface area contributed by atoms with Gasteiger partial charge in [0.15, 0.2) is 0 Å². The number of amides is 1. The number of alkyl halides is 3. The molecule has 8 nitrogen and oxygen atoms in total. The van der Waals surface area contributed by atoms with Crippen LogP contribution in [0.5, 0.6) is 11.5 Å². The number of primary amides is 1. The highest BCUT2D eigenvalue weighted by Crippen LogP contribution is 2.39. The van der Waals surface area contributed by atoms with Crippen LogP contribution in [0.4, 0.5) is 18.9 Å². The van der Waals surface area contributed by atoms with Gasteiger partial charge in [-0.25, -0.2) is 0 Å². The predicted octanol–water partition coefficient (Wildman–Crippen LogP) is 4.37. The van der Waals surface area contributed by atoms with Crippen molar-refractivity contribution < 1.29 is 27.4 Å². The summed E-state index contributed by atoms with van der Waals surface area (Å²) in [4.78, 5) is 27.3. The monoisotopic (exact) mass is 556 g/mol. The number of benzene rings is 2. The lowest BCUT2D eigenvalue weighted by Gasteiger charge is -2.23. The topological polar surface area (TPSA) is 99.7 Å². The van der Waals surface area contributed by atoms with E-state index in [4.69, 9.17) is 15.2 Å². The molecule has 0 spiro atoms. The number of rotatable bonds is 7. The number of nitrogens with two attached hydrogens (primary N) is 1. The van der Waals surface area contributed by atoms with E-state index < -0.39 is 23.2 Å². The summed E-state index contributed by atoms with van der Waals surface area (Å²) in [6.07, 6.45) is -2.30. The number of halogens is 3. The Kier molecular flexibility index (Phi) is 7.24. The van der Waals surface area contributed by atoms with E-state index in [0.29, 0.717) is 72.8 Å². The zero-order valence-corrected chi connectivity index (χ0v) is 22.5. The van der Waals surface area contributed by atoms with Crippen molar-refractivity contribution >= 4 is 11.6 Å². The van der Waals surface area contributed by atoms with Gasteiger partial charge in [-0.05, 0) is 67.5 Å². The molecule has 2 aliphatic rings. The Balaban J connectivity index is 1.68. The van der Waals surface area contributed by atoms with Gasteiger partial charge in [0.05, 0.1) is 31.2 Å². The Labute approximate surface area is 229 Å². The largest absolute Gasteiger partial charge is 0.497 e. The van der Waals surface area contributed by atoms with E-state index in [0.717, 1.165) is 16.3 Å². The number of methoxy groups -OCH3 is 2. The van der Waals surface area contributed by atoms with Crippen molar-refractivity contribution in [3.63, 3.8) is 0 Å². The molecule has 1 aromatic heterocycles. The fraction of sp³-hybridized carbons (Fsp3) is 0.414. The Morgan fingerprint density at radius 3 is 2.38 bits per heavy atom. The fourth-order valence-electron chi connectivity index (χ4n) is 5.71. The molecule has 0 saturated carbocycles. The summed E-state index contributed by atoms with van der Waals surface area (Å²) < 4.78 is 54.5. The van der Waals surface area contributed by atoms with E-state index in [1.807, 2.05) is 4.90 Å². The average molecular weight is 557 g/mol. The van der Waals surface area contributed by atoms with Gasteiger partial charge in [0, 0.05) is 41.9 Å². The van der Waals surface area contributed by atoms with Gasteiger partial charge >= 0.3 is 6.18 Å². The third-order valence-electron chi connectivity index (χ3n) is 8.04. The van der Waals surface area contributed by atoms with E-state index in [9.17, 15) is 22.8 Å². The van der Waals surface area contributed by atoms with Gasteiger partial charge in [0.25, 0.3) is 5.56 Å². The van der Waals surface area contributed by atoms with Crippen LogP contribution < -0.4 is 25.7 Å². The lowest BCUT2D eigenvalue weighted by Crippen LogP contribution is -2.30. The molecule has 2 heterocycles. The minimum absolute atomic E-state index is 0.0151. The number of nitrogens with zero attached hydrogens (tertiary/aromatic N) is 3. The molecule has 0 bridgehead atoms. The molecule has 0 radical (unpaired) electrons. The number of fused-ring (bicyclic) bond motifs is 1. The number of carbonyl (C=O) groups is 1. The molecule has 2 atom stereocenters. The third kappa shape index (κ3) is 5.00. The summed E-state index contributed by atoms with van der Waals surface area (Å²) >= 11 is 0. The van der Waals surface area contributed by atoms with Crippen LogP contribution in [0.15, 0.2) is 41.2 Å². The zero-order chi connectivity index (χ0) is 28.8. The molecule has 1 saturated heterocycles. The van der Waals surface area contributed by atoms with Crippen molar-refractivity contribution in [2.24, 2.45) is 17.6 Å². The molecule has 40 heavy (non-hydrogen) atoms. The maximum Gasteiger partial charge on any atom is 0.418 e. The predicted molar refractivity (Wildman–Crippen MR) is 144 cm³/mol. The second-order valence-corrected chi connectivity index (χ2v) is 10.4. The Hall–Kier alpha value is -4.02. The van der Waals surface area contributed by atoms with Gasteiger partial charge in [0.2, 0.25) is 5.91 Å². The number of hydrogen-bond donors (Lipinski definition) is 1. The molecule has 5 rings (SSSR count). The van der Waals surface area contributed by atoms with Crippen LogP contribution in [0.2, 0.25) is 0 Å². The quantitative estimate of drug-likeness (QED) is 0.464. The first-order valence-electron chi connectivity index (χ1n) is 13.2. The van der Waals surface area contributed by atoms with Crippen molar-refractivity contribution in [1.82, 2.24) is 9.78 Å². The first-order chi connectivity index (χ1) is 19.0. The molecule has 1 aliphatic carbocycles. The smallest absolute Gasteiger partial charge is 0.418 e. The molecule has 3 aromatic rings. The maximum absolute atomic E-state index is 14.3. The molecule has 2 unspecified atom stereocenters. The minimum atomic E-state index is -4.72. The zero-order valence-electron chi connectivity index (χ0n) is 22.5. The molecule has 1 fully saturated rings. The third-order valence-corrected chi connectivity index (χ3v) is 8.04. The van der Waals surface area contributed by atoms with Crippen molar-refractivity contribution in [1.29, 1.82) is 0 Å². The Bertz CT molecular complexity index is 1500. The van der Waals surface area contributed by atoms with Gasteiger partial charge in [-0.1, -0.05) is 6.92 Å². The fourth-order valence-corrected chi connectivity index (χ4v) is 5.71. The van der Waals surface area contributed by atoms with E-state index in [1.165, 1.54) is 26.4 Å². The molecule has 11 heteroatoms. The summed E-state index contributed by atoms with van der Waals surface area (Å²) in [7, 11) is 3.01. The van der Waals surface area contributed by atoms with E-state index in [-0.39, 0.29) is 17.5 Å². The summed E-state index contributed by atoms with van der Waals surface area (Å²) in [5, 5.41) is 4.56. The Morgan fingerprint density at radius 2 is 1.75 bits per heavy atom. The van der Waals surface area contributed by atoms with Gasteiger partial charge in [-0.2, -0.15) is 23.0 Å². The highest BCUT2D eigenvalue weighted by Gasteiger charge is 2.37. The number of aromatic nitrogens is 2. The number of ether oxygens (including phenoxy) is 2. The van der Waals surface area contributed by atoms with Gasteiger partial charge in [0.1, 0.15) is 11.5 Å². The standard InChI is InChI=1S/C29H31F3N4O4/c1-16(27(33)37)17-9-10-35(15-17)19-7-8-24(29(30,31)32)25(13-19)36-28(38)23-6-4-5-22(23)26(34-36)18-11-20(39-2)14-21(12-18)40-3/h7-8,11-14,16-17H,4-6,9-10,15H2,1-3H3,(H2,33,37). The van der Waals surface area contributed by atoms with Gasteiger partial charge in [-0.15, -0.1) is 0 Å². The van der Waals surface area contributed by atoms with Crippen LogP contribution >= 0.6 is 0 Å². The maximum atomic E-state index is 14.3. The normalized spacial score (nSPS) is 17.6. The van der Waals surface area contributed by atoms with Crippen LogP contribution in [0.25, 0.3) is 16.9 Å². The number of hydrogen-bond acceptors (Lipinski definition) is 6. The lowest BCUT2D eigenvalue weighted by atomic mass is 9.93. The first-order valence-corrected chi connectivity index (χ1v) is 13.2. The van der Waals surface area contributed by atoms with Crippen LogP contribution in [0.3, 0.4) is 0 Å². The minimum Gasteiger partial charge on any atom is -0.497 e. The van der Waals surface area contributed by atoms with Gasteiger partial charge < -0.3 is 20.1 Å². The highest BCUT2D eigenvalue weighted by molar-refractivity contribution is 5.76. The van der Waals surface area contributed by atoms with Crippen LogP contribution in [-0.2, 0) is 23.8 Å². The van der Waals surface area contributed by atoms with E-state index >= 15 is 0 Å². The second kappa shape index (κ2) is 10.5. The van der Waals surface area contributed by atoms with Crippen molar-refractivity contribution in [3.05, 3.63) is 63.4 Å². The molecule has 1 amide bonds. The van der Waals surface area contributed by atoms with Gasteiger partial charge in [-0.3, -0.25) is 9.59 Å². The lowest BCUT2D eigenvalue weighted by molar-refractivity contribution is -0.137. The molecular formula is C29H31F3N4O4. The second-order valence-electron chi connectivity index (χ2n) is 10.4. The highest BCUT2D eigenvalue weighted by atomic mass is 19.4. The van der Waals surface area contributed by atoms with E-state index in [1.54, 1.807) is 25.1 Å². The average Bonchev–Trinajstić information content (AvgIpc) is 3.62. The van der Waals surface area contributed by atoms with Crippen LogP contribution in [0, 0.1) is 11.8 Å². The summed E-state index contributed by atoms with van der Waals surface area (Å²) in [5.74, 6) is 0.205. The summed E-state index contributed by atoms with van der Waals surface area (Å²) in [6.45, 7) is 2.78. The van der Waals surface area contributed by atoms with E-state index in [2.05, 4.69) is 5.10 Å². The summed E-state index contributed by atoms with van der Waals surface area (Å²) in [5.41, 5.74) is 6.32. The van der Waals surface area contributed by atoms with Crippen LogP contribution in [-0.4, -0.2) is 43.0 Å². The van der Waals surface area contributed by atoms with Crippen molar-refractivity contribution in [2.45, 2.75) is 38.8 Å². The SMILES string of the molecule is COc1cc(OC)cc(-c2nn(-c3cc(N4CCC(C(C)C(N)=O)C4)ccc3C(F)(F)F)c(=O)c3c2CCC3)c1. The molecule has 2 N–H and O–H groups in total. The molecule has 1 aliphatic heterocycles. The number of anilines is 1. The van der Waals surface area contributed by atoms with Crippen molar-refractivity contribution in [2.75, 3.05) is 32.2 Å². The Morgan fingerprint density at radius 1 is 1.07 bits per heavy atom. The summed E-state index contributed by atoms with van der Waals surface area (Å²) in [6, 6.07) is 8.90. The molecule has 212 valence electrons. The van der Waals surface area contributed by atoms with Crippen molar-refractivity contribution in [3.8, 4) is 28.4 Å². The molecule has 2 aromatic carbocycles. The molecular weight excluding hydrogens is 525 g/mol. The van der Waals surface area contributed by atoms with Crippen LogP contribution in [0.1, 0.15) is 36.5 Å². The first kappa shape index (κ1) is 27.5. The number of carbonyl (C=O) groups excluding carboxylic acids is 1.